The molecular weight excluding hydrogens is 422 g/mol. The first-order chi connectivity index (χ1) is 14.0. The number of hydrogen-bond donors (Lipinski definition) is 1. The van der Waals surface area contributed by atoms with Crippen LogP contribution in [0.3, 0.4) is 0 Å². The molecule has 0 radical (unpaired) electrons. The maximum Gasteiger partial charge on any atom is 0.185 e. The van der Waals surface area contributed by atoms with Crippen LogP contribution in [0, 0.1) is 34.6 Å². The van der Waals surface area contributed by atoms with Crippen molar-refractivity contribution >= 4 is 27.3 Å². The van der Waals surface area contributed by atoms with Crippen molar-refractivity contribution < 1.29 is 13.2 Å². The predicted octanol–water partition coefficient (Wildman–Crippen LogP) is 4.25. The molecule has 30 heavy (non-hydrogen) atoms. The Morgan fingerprint density at radius 3 is 2.30 bits per heavy atom. The lowest BCUT2D eigenvalue weighted by Crippen LogP contribution is -2.65. The average molecular weight is 450 g/mol. The van der Waals surface area contributed by atoms with E-state index in [0.29, 0.717) is 29.5 Å². The van der Waals surface area contributed by atoms with Crippen molar-refractivity contribution in [3.63, 3.8) is 0 Å². The second-order valence-corrected chi connectivity index (χ2v) is 12.6. The van der Waals surface area contributed by atoms with Gasteiger partial charge < -0.3 is 4.74 Å². The molecule has 1 N–H and O–H groups in total. The van der Waals surface area contributed by atoms with Gasteiger partial charge in [0.25, 0.3) is 0 Å². The lowest BCUT2D eigenvalue weighted by Gasteiger charge is -2.60. The first-order valence-corrected chi connectivity index (χ1v) is 12.6. The maximum atomic E-state index is 12.6. The summed E-state index contributed by atoms with van der Waals surface area (Å²) in [5.74, 6) is 1.30. The van der Waals surface area contributed by atoms with Crippen LogP contribution in [0.2, 0.25) is 5.02 Å². The van der Waals surface area contributed by atoms with Gasteiger partial charge in [-0.05, 0) is 88.0 Å². The number of rotatable bonds is 5. The number of amidine groups is 1. The minimum atomic E-state index is -3.16. The van der Waals surface area contributed by atoms with E-state index in [1.165, 1.54) is 11.2 Å². The Bertz CT molecular complexity index is 983. The number of ether oxygens (including phenoxy) is 1. The minimum Gasteiger partial charge on any atom is -0.480 e. The zero-order chi connectivity index (χ0) is 21.9. The first kappa shape index (κ1) is 21.5. The van der Waals surface area contributed by atoms with Crippen LogP contribution in [0.15, 0.2) is 24.3 Å². The normalized spacial score (nSPS) is 32.5. The van der Waals surface area contributed by atoms with Gasteiger partial charge in [0.1, 0.15) is 5.75 Å². The summed E-state index contributed by atoms with van der Waals surface area (Å²) >= 11 is 5.94. The Kier molecular flexibility index (Phi) is 5.10. The summed E-state index contributed by atoms with van der Waals surface area (Å²) in [6.07, 6.45) is 7.40. The van der Waals surface area contributed by atoms with Crippen LogP contribution < -0.4 is 4.74 Å². The van der Waals surface area contributed by atoms with Gasteiger partial charge >= 0.3 is 0 Å². The van der Waals surface area contributed by atoms with E-state index < -0.39 is 20.2 Å². The minimum absolute atomic E-state index is 0.103. The number of benzene rings is 1. The molecule has 5 rings (SSSR count). The summed E-state index contributed by atoms with van der Waals surface area (Å²) in [6.45, 7) is 3.56. The Morgan fingerprint density at radius 1 is 1.23 bits per heavy atom. The summed E-state index contributed by atoms with van der Waals surface area (Å²) in [7, 11) is -3.16. The van der Waals surface area contributed by atoms with E-state index in [9.17, 15) is 13.7 Å². The zero-order valence-corrected chi connectivity index (χ0v) is 19.1. The molecule has 0 heterocycles. The molecule has 0 aliphatic heterocycles. The second kappa shape index (κ2) is 7.13. The summed E-state index contributed by atoms with van der Waals surface area (Å²) in [5, 5.41) is 19.4. The summed E-state index contributed by atoms with van der Waals surface area (Å²) in [5.41, 5.74) is -1.02. The van der Waals surface area contributed by atoms with Crippen LogP contribution in [0.1, 0.15) is 46.0 Å². The molecule has 0 spiro atoms. The molecule has 4 fully saturated rings. The predicted molar refractivity (Wildman–Crippen MR) is 116 cm³/mol. The third-order valence-electron chi connectivity index (χ3n) is 7.36. The van der Waals surface area contributed by atoms with Crippen molar-refractivity contribution in [3.05, 3.63) is 29.3 Å². The molecule has 0 amide bonds. The lowest BCUT2D eigenvalue weighted by atomic mass is 9.53. The van der Waals surface area contributed by atoms with E-state index in [1.54, 1.807) is 38.1 Å². The van der Waals surface area contributed by atoms with E-state index in [2.05, 4.69) is 6.19 Å². The van der Waals surface area contributed by atoms with Crippen molar-refractivity contribution in [2.75, 3.05) is 6.26 Å². The van der Waals surface area contributed by atoms with Gasteiger partial charge in [-0.25, -0.2) is 8.42 Å². The van der Waals surface area contributed by atoms with Crippen molar-refractivity contribution in [1.82, 2.24) is 4.90 Å². The van der Waals surface area contributed by atoms with Crippen LogP contribution in [-0.4, -0.2) is 41.8 Å². The van der Waals surface area contributed by atoms with Crippen LogP contribution in [-0.2, 0) is 9.84 Å². The maximum absolute atomic E-state index is 12.6. The van der Waals surface area contributed by atoms with Crippen molar-refractivity contribution in [1.29, 1.82) is 10.7 Å². The van der Waals surface area contributed by atoms with Gasteiger partial charge in [0, 0.05) is 11.3 Å². The van der Waals surface area contributed by atoms with Crippen molar-refractivity contribution in [2.45, 2.75) is 62.3 Å². The largest absolute Gasteiger partial charge is 0.480 e. The summed E-state index contributed by atoms with van der Waals surface area (Å²) < 4.78 is 30.6. The number of nitrogens with zero attached hydrogens (tertiary/aromatic N) is 2. The van der Waals surface area contributed by atoms with Crippen LogP contribution in [0.5, 0.6) is 5.75 Å². The van der Waals surface area contributed by atoms with Gasteiger partial charge in [-0.3, -0.25) is 10.3 Å². The Balaban J connectivity index is 1.58. The molecule has 1 aromatic carbocycles. The standard InChI is InChI=1S/C22H28ClN3O3S/c1-21(2,29-18-6-4-17(23)5-7-18)20(25)26(13-24)19-15-8-14-9-16(19)12-22(10-14,11-15)30(3,27)28/h4-7,14-16,19,25H,8-12H2,1-3H3. The molecule has 162 valence electrons. The molecule has 0 saturated heterocycles. The third-order valence-corrected chi connectivity index (χ3v) is 9.68. The fourth-order valence-corrected chi connectivity index (χ4v) is 7.90. The number of nitriles is 1. The molecule has 2 unspecified atom stereocenters. The quantitative estimate of drug-likeness (QED) is 0.314. The van der Waals surface area contributed by atoms with E-state index in [4.69, 9.17) is 21.7 Å². The Hall–Kier alpha value is -1.78. The molecule has 2 atom stereocenters. The highest BCUT2D eigenvalue weighted by atomic mass is 35.5. The van der Waals surface area contributed by atoms with Gasteiger partial charge in [-0.1, -0.05) is 11.6 Å². The van der Waals surface area contributed by atoms with Crippen LogP contribution in [0.25, 0.3) is 0 Å². The third kappa shape index (κ3) is 3.48. The molecule has 4 aliphatic rings. The Labute approximate surface area is 183 Å². The number of hydrogen-bond acceptors (Lipinski definition) is 5. The lowest BCUT2D eigenvalue weighted by molar-refractivity contribution is -0.0242. The first-order valence-electron chi connectivity index (χ1n) is 10.4. The van der Waals surface area contributed by atoms with E-state index >= 15 is 0 Å². The smallest absolute Gasteiger partial charge is 0.185 e. The molecular formula is C22H28ClN3O3S. The highest BCUT2D eigenvalue weighted by Gasteiger charge is 2.61. The van der Waals surface area contributed by atoms with E-state index in [1.807, 2.05) is 0 Å². The molecule has 4 bridgehead atoms. The zero-order valence-electron chi connectivity index (χ0n) is 17.6. The summed E-state index contributed by atoms with van der Waals surface area (Å²) in [4.78, 5) is 1.50. The van der Waals surface area contributed by atoms with Gasteiger partial charge in [0.05, 0.1) is 10.8 Å². The highest BCUT2D eigenvalue weighted by molar-refractivity contribution is 7.92. The second-order valence-electron chi connectivity index (χ2n) is 9.80. The van der Waals surface area contributed by atoms with Gasteiger partial charge in [0.2, 0.25) is 0 Å². The SMILES string of the molecule is CC(C)(Oc1ccc(Cl)cc1)C(=N)N(C#N)C1C2CC3CC1CC(S(C)(=O)=O)(C3)C2. The number of sulfone groups is 1. The topological polar surface area (TPSA) is 94.2 Å². The molecule has 4 aliphatic carbocycles. The van der Waals surface area contributed by atoms with Crippen molar-refractivity contribution in [2.24, 2.45) is 17.8 Å². The van der Waals surface area contributed by atoms with E-state index in [-0.39, 0.29) is 23.7 Å². The monoisotopic (exact) mass is 449 g/mol. The van der Waals surface area contributed by atoms with Crippen LogP contribution in [0.4, 0.5) is 0 Å². The van der Waals surface area contributed by atoms with Gasteiger partial charge in [-0.15, -0.1) is 0 Å². The average Bonchev–Trinajstić information content (AvgIpc) is 2.64. The van der Waals surface area contributed by atoms with Crippen molar-refractivity contribution in [3.8, 4) is 11.9 Å². The molecule has 0 aromatic heterocycles. The van der Waals surface area contributed by atoms with Gasteiger partial charge in [0.15, 0.2) is 27.5 Å². The molecule has 4 saturated carbocycles. The molecule has 8 heteroatoms. The summed E-state index contributed by atoms with van der Waals surface area (Å²) in [6, 6.07) is 6.80. The Morgan fingerprint density at radius 2 is 1.80 bits per heavy atom. The fraction of sp³-hybridized carbons (Fsp3) is 0.636. The fourth-order valence-electron chi connectivity index (χ4n) is 6.20. The highest BCUT2D eigenvalue weighted by Crippen LogP contribution is 2.59. The molecule has 6 nitrogen and oxygen atoms in total. The molecule has 1 aromatic rings. The number of halogens is 1. The van der Waals surface area contributed by atoms with E-state index in [0.717, 1.165) is 19.3 Å². The van der Waals surface area contributed by atoms with Gasteiger partial charge in [-0.2, -0.15) is 5.26 Å². The van der Waals surface area contributed by atoms with Crippen LogP contribution >= 0.6 is 11.6 Å². The number of nitrogens with one attached hydrogen (secondary N) is 1.